The maximum absolute atomic E-state index is 12.3. The fourth-order valence-corrected chi connectivity index (χ4v) is 3.22. The van der Waals surface area contributed by atoms with E-state index in [1.54, 1.807) is 18.9 Å². The fourth-order valence-electron chi connectivity index (χ4n) is 2.49. The molecule has 0 aliphatic heterocycles. The molecular formula is C20H25NO2S. The molecule has 128 valence electrons. The van der Waals surface area contributed by atoms with Gasteiger partial charge in [-0.2, -0.15) is 0 Å². The van der Waals surface area contributed by atoms with Gasteiger partial charge in [0.15, 0.2) is 0 Å². The van der Waals surface area contributed by atoms with E-state index in [9.17, 15) is 4.79 Å². The molecule has 0 aliphatic carbocycles. The molecule has 4 heteroatoms. The normalized spacial score (nSPS) is 12.0. The number of nitrogens with one attached hydrogen (secondary N) is 1. The van der Waals surface area contributed by atoms with Crippen LogP contribution in [0.4, 0.5) is 0 Å². The lowest BCUT2D eigenvalue weighted by atomic mass is 9.97. The Morgan fingerprint density at radius 1 is 1.08 bits per heavy atom. The maximum Gasteiger partial charge on any atom is 0.230 e. The number of carbonyl (C=O) groups is 1. The number of thioether (sulfide) groups is 1. The molecule has 0 fully saturated rings. The molecule has 2 rings (SSSR count). The Morgan fingerprint density at radius 3 is 2.33 bits per heavy atom. The van der Waals surface area contributed by atoms with Gasteiger partial charge in [0.25, 0.3) is 0 Å². The van der Waals surface area contributed by atoms with E-state index in [0.29, 0.717) is 11.7 Å². The predicted molar refractivity (Wildman–Crippen MR) is 100 cm³/mol. The van der Waals surface area contributed by atoms with E-state index >= 15 is 0 Å². The van der Waals surface area contributed by atoms with Gasteiger partial charge < -0.3 is 10.1 Å². The maximum atomic E-state index is 12.3. The first-order valence-corrected chi connectivity index (χ1v) is 9.18. The van der Waals surface area contributed by atoms with Crippen molar-refractivity contribution >= 4 is 17.7 Å². The molecule has 0 aliphatic rings. The highest BCUT2D eigenvalue weighted by atomic mass is 32.2. The topological polar surface area (TPSA) is 38.3 Å². The highest BCUT2D eigenvalue weighted by Crippen LogP contribution is 2.24. The first-order chi connectivity index (χ1) is 11.6. The minimum absolute atomic E-state index is 0.0276. The van der Waals surface area contributed by atoms with Crippen LogP contribution in [0.1, 0.15) is 31.9 Å². The highest BCUT2D eigenvalue weighted by molar-refractivity contribution is 8.00. The Kier molecular flexibility index (Phi) is 7.19. The van der Waals surface area contributed by atoms with Gasteiger partial charge in [-0.05, 0) is 42.2 Å². The quantitative estimate of drug-likeness (QED) is 0.707. The summed E-state index contributed by atoms with van der Waals surface area (Å²) < 4.78 is 5.21. The lowest BCUT2D eigenvalue weighted by Gasteiger charge is -2.21. The SMILES string of the molecule is COc1ccc([C@H](CC(C)C)NC(=O)CSc2ccccc2)cc1. The molecule has 0 spiro atoms. The van der Waals surface area contributed by atoms with Crippen LogP contribution in [0.25, 0.3) is 0 Å². The number of amides is 1. The van der Waals surface area contributed by atoms with Gasteiger partial charge in [0.2, 0.25) is 5.91 Å². The highest BCUT2D eigenvalue weighted by Gasteiger charge is 2.16. The van der Waals surface area contributed by atoms with Crippen LogP contribution < -0.4 is 10.1 Å². The van der Waals surface area contributed by atoms with Gasteiger partial charge in [-0.15, -0.1) is 11.8 Å². The van der Waals surface area contributed by atoms with E-state index in [4.69, 9.17) is 4.74 Å². The second-order valence-electron chi connectivity index (χ2n) is 6.12. The Morgan fingerprint density at radius 2 is 1.75 bits per heavy atom. The fraction of sp³-hybridized carbons (Fsp3) is 0.350. The third-order valence-corrected chi connectivity index (χ3v) is 4.69. The van der Waals surface area contributed by atoms with Crippen molar-refractivity contribution < 1.29 is 9.53 Å². The zero-order chi connectivity index (χ0) is 17.4. The molecule has 0 saturated heterocycles. The summed E-state index contributed by atoms with van der Waals surface area (Å²) in [5, 5.41) is 3.17. The summed E-state index contributed by atoms with van der Waals surface area (Å²) in [5.74, 6) is 1.81. The molecule has 0 unspecified atom stereocenters. The smallest absolute Gasteiger partial charge is 0.230 e. The minimum Gasteiger partial charge on any atom is -0.497 e. The molecule has 2 aromatic carbocycles. The van der Waals surface area contributed by atoms with Crippen LogP contribution in [0.2, 0.25) is 0 Å². The third kappa shape index (κ3) is 5.93. The molecule has 1 amide bonds. The first-order valence-electron chi connectivity index (χ1n) is 8.19. The molecule has 0 saturated carbocycles. The summed E-state index contributed by atoms with van der Waals surface area (Å²) in [5.41, 5.74) is 1.11. The number of methoxy groups -OCH3 is 1. The molecule has 1 N–H and O–H groups in total. The van der Waals surface area contributed by atoms with Crippen LogP contribution in [0, 0.1) is 5.92 Å². The van der Waals surface area contributed by atoms with Crippen LogP contribution in [0.3, 0.4) is 0 Å². The molecule has 24 heavy (non-hydrogen) atoms. The number of carbonyl (C=O) groups excluding carboxylic acids is 1. The number of rotatable bonds is 8. The van der Waals surface area contributed by atoms with Crippen molar-refractivity contribution in [1.29, 1.82) is 0 Å². The number of hydrogen-bond donors (Lipinski definition) is 1. The van der Waals surface area contributed by atoms with Gasteiger partial charge in [-0.25, -0.2) is 0 Å². The molecule has 2 aromatic rings. The van der Waals surface area contributed by atoms with Crippen molar-refractivity contribution in [3.05, 3.63) is 60.2 Å². The van der Waals surface area contributed by atoms with Gasteiger partial charge in [0, 0.05) is 4.90 Å². The summed E-state index contributed by atoms with van der Waals surface area (Å²) in [6.45, 7) is 4.34. The average Bonchev–Trinajstić information content (AvgIpc) is 2.60. The molecule has 3 nitrogen and oxygen atoms in total. The van der Waals surface area contributed by atoms with E-state index in [1.807, 2.05) is 54.6 Å². The van der Waals surface area contributed by atoms with E-state index < -0.39 is 0 Å². The Labute approximate surface area is 148 Å². The van der Waals surface area contributed by atoms with Crippen molar-refractivity contribution in [2.45, 2.75) is 31.2 Å². The van der Waals surface area contributed by atoms with Gasteiger partial charge in [0.05, 0.1) is 18.9 Å². The van der Waals surface area contributed by atoms with Crippen molar-refractivity contribution in [3.63, 3.8) is 0 Å². The zero-order valence-corrected chi connectivity index (χ0v) is 15.3. The standard InChI is InChI=1S/C20H25NO2S/c1-15(2)13-19(16-9-11-17(23-3)12-10-16)21-20(22)14-24-18-7-5-4-6-8-18/h4-12,15,19H,13-14H2,1-3H3,(H,21,22)/t19-/m0/s1. The molecule has 1 atom stereocenters. The van der Waals surface area contributed by atoms with E-state index in [-0.39, 0.29) is 11.9 Å². The molecular weight excluding hydrogens is 318 g/mol. The lowest BCUT2D eigenvalue weighted by molar-refractivity contribution is -0.119. The molecule has 0 bridgehead atoms. The predicted octanol–water partition coefficient (Wildman–Crippen LogP) is 4.69. The molecule has 0 heterocycles. The summed E-state index contributed by atoms with van der Waals surface area (Å²) in [6.07, 6.45) is 0.911. The Hall–Kier alpha value is -1.94. The van der Waals surface area contributed by atoms with Crippen molar-refractivity contribution in [2.24, 2.45) is 5.92 Å². The summed E-state index contributed by atoms with van der Waals surface area (Å²) in [7, 11) is 1.66. The van der Waals surface area contributed by atoms with Crippen LogP contribution >= 0.6 is 11.8 Å². The third-order valence-electron chi connectivity index (χ3n) is 3.67. The summed E-state index contributed by atoms with van der Waals surface area (Å²) in [4.78, 5) is 13.5. The van der Waals surface area contributed by atoms with Crippen LogP contribution in [0.5, 0.6) is 5.75 Å². The number of ether oxygens (including phenoxy) is 1. The van der Waals surface area contributed by atoms with Gasteiger partial charge in [-0.3, -0.25) is 4.79 Å². The Bertz CT molecular complexity index is 626. The second kappa shape index (κ2) is 9.38. The number of benzene rings is 2. The van der Waals surface area contributed by atoms with Gasteiger partial charge >= 0.3 is 0 Å². The number of hydrogen-bond acceptors (Lipinski definition) is 3. The van der Waals surface area contributed by atoms with Crippen molar-refractivity contribution in [1.82, 2.24) is 5.32 Å². The monoisotopic (exact) mass is 343 g/mol. The minimum atomic E-state index is 0.0276. The summed E-state index contributed by atoms with van der Waals surface area (Å²) >= 11 is 1.56. The van der Waals surface area contributed by atoms with E-state index in [2.05, 4.69) is 19.2 Å². The first kappa shape index (κ1) is 18.4. The van der Waals surface area contributed by atoms with Crippen LogP contribution in [-0.4, -0.2) is 18.8 Å². The summed E-state index contributed by atoms with van der Waals surface area (Å²) in [6, 6.07) is 17.9. The van der Waals surface area contributed by atoms with E-state index in [1.165, 1.54) is 0 Å². The molecule has 0 aromatic heterocycles. The second-order valence-corrected chi connectivity index (χ2v) is 7.17. The van der Waals surface area contributed by atoms with Crippen molar-refractivity contribution in [3.8, 4) is 5.75 Å². The largest absolute Gasteiger partial charge is 0.497 e. The van der Waals surface area contributed by atoms with Crippen LogP contribution in [0.15, 0.2) is 59.5 Å². The zero-order valence-electron chi connectivity index (χ0n) is 14.5. The van der Waals surface area contributed by atoms with Crippen molar-refractivity contribution in [2.75, 3.05) is 12.9 Å². The van der Waals surface area contributed by atoms with E-state index in [0.717, 1.165) is 22.6 Å². The van der Waals surface area contributed by atoms with Gasteiger partial charge in [-0.1, -0.05) is 44.2 Å². The van der Waals surface area contributed by atoms with Gasteiger partial charge in [0.1, 0.15) is 5.75 Å². The lowest BCUT2D eigenvalue weighted by Crippen LogP contribution is -2.30. The average molecular weight is 343 g/mol. The Balaban J connectivity index is 1.97. The molecule has 0 radical (unpaired) electrons. The van der Waals surface area contributed by atoms with Crippen LogP contribution in [-0.2, 0) is 4.79 Å².